The predicted molar refractivity (Wildman–Crippen MR) is 220 cm³/mol. The minimum absolute atomic E-state index is 0.118. The summed E-state index contributed by atoms with van der Waals surface area (Å²) in [5.74, 6) is -0.357. The van der Waals surface area contributed by atoms with Gasteiger partial charge in [0.15, 0.2) is 0 Å². The number of nitrogens with zero attached hydrogens (tertiary/aromatic N) is 1. The van der Waals surface area contributed by atoms with E-state index in [4.69, 9.17) is 0 Å². The summed E-state index contributed by atoms with van der Waals surface area (Å²) < 4.78 is 36.1. The van der Waals surface area contributed by atoms with Gasteiger partial charge in [-0.1, -0.05) is 170 Å². The van der Waals surface area contributed by atoms with E-state index >= 15 is 4.39 Å². The summed E-state index contributed by atoms with van der Waals surface area (Å²) in [5.41, 5.74) is 6.69. The summed E-state index contributed by atoms with van der Waals surface area (Å²) in [5, 5.41) is 5.77. The van der Waals surface area contributed by atoms with Crippen molar-refractivity contribution in [2.24, 2.45) is 0 Å². The standard InChI is InChI=1S/C50H34FN/c51-48-34-40(35-16-4-1-5-17-35)33-47(36-18-6-2-7-19-36)50(48)52(41-21-8-3-9-22-41)49-31-30-37(42-23-13-15-27-46(42)49)28-29-39-32-38-20-10-11-24-43(38)45-26-14-12-25-44(39)45/h1-34H/b29-28+/i28D,29D. The fourth-order valence-corrected chi connectivity index (χ4v) is 7.31. The normalized spacial score (nSPS) is 12.4. The molecule has 0 aliphatic heterocycles. The van der Waals surface area contributed by atoms with Crippen LogP contribution in [0.1, 0.15) is 13.9 Å². The van der Waals surface area contributed by atoms with Crippen molar-refractivity contribution in [1.29, 1.82) is 0 Å². The van der Waals surface area contributed by atoms with E-state index in [2.05, 4.69) is 24.3 Å². The van der Waals surface area contributed by atoms with Gasteiger partial charge in [-0.15, -0.1) is 0 Å². The zero-order valence-corrected chi connectivity index (χ0v) is 28.3. The maximum Gasteiger partial charge on any atom is 0.148 e. The second-order valence-corrected chi connectivity index (χ2v) is 12.9. The monoisotopic (exact) mass is 669 g/mol. The van der Waals surface area contributed by atoms with Crippen LogP contribution in [0.5, 0.6) is 0 Å². The third-order valence-corrected chi connectivity index (χ3v) is 9.74. The molecule has 0 saturated carbocycles. The van der Waals surface area contributed by atoms with Crippen LogP contribution in [0.4, 0.5) is 21.5 Å². The molecule has 0 spiro atoms. The first-order chi connectivity index (χ1) is 26.6. The molecule has 0 unspecified atom stereocenters. The van der Waals surface area contributed by atoms with Crippen LogP contribution >= 0.6 is 0 Å². The number of rotatable bonds is 7. The first kappa shape index (κ1) is 29.0. The molecule has 0 aliphatic carbocycles. The second-order valence-electron chi connectivity index (χ2n) is 12.9. The summed E-state index contributed by atoms with van der Waals surface area (Å²) in [4.78, 5) is 1.99. The molecule has 9 rings (SSSR count). The SMILES string of the molecule is [2H]/C(=C(/[2H])c1cc2ccccc2c2ccccc12)c1ccc(N(c2ccccc2)c2c(F)cc(-c3ccccc3)cc2-c2ccccc2)c2ccccc12. The Labute approximate surface area is 306 Å². The van der Waals surface area contributed by atoms with E-state index in [1.807, 2.05) is 169 Å². The van der Waals surface area contributed by atoms with Crippen LogP contribution in [-0.4, -0.2) is 0 Å². The molecule has 246 valence electrons. The van der Waals surface area contributed by atoms with Gasteiger partial charge in [0, 0.05) is 16.6 Å². The highest BCUT2D eigenvalue weighted by atomic mass is 19.1. The van der Waals surface area contributed by atoms with Gasteiger partial charge in [0.2, 0.25) is 0 Å². The maximum absolute atomic E-state index is 17.1. The molecule has 2 heteroatoms. The largest absolute Gasteiger partial charge is 0.307 e. The molecule has 0 N–H and O–H groups in total. The summed E-state index contributed by atoms with van der Waals surface area (Å²) in [6, 6.07) is 63.8. The summed E-state index contributed by atoms with van der Waals surface area (Å²) >= 11 is 0. The van der Waals surface area contributed by atoms with Gasteiger partial charge in [-0.05, 0) is 91.1 Å². The summed E-state index contributed by atoms with van der Waals surface area (Å²) in [7, 11) is 0. The van der Waals surface area contributed by atoms with Gasteiger partial charge in [0.1, 0.15) is 5.82 Å². The van der Waals surface area contributed by atoms with E-state index in [-0.39, 0.29) is 17.9 Å². The first-order valence-corrected chi connectivity index (χ1v) is 17.5. The number of hydrogen-bond donors (Lipinski definition) is 0. The molecule has 52 heavy (non-hydrogen) atoms. The molecule has 0 fully saturated rings. The van der Waals surface area contributed by atoms with Crippen molar-refractivity contribution >= 4 is 61.5 Å². The number of benzene rings is 9. The van der Waals surface area contributed by atoms with Gasteiger partial charge < -0.3 is 4.90 Å². The Morgan fingerprint density at radius 2 is 0.962 bits per heavy atom. The lowest BCUT2D eigenvalue weighted by atomic mass is 9.94. The Balaban J connectivity index is 1.28. The van der Waals surface area contributed by atoms with Crippen LogP contribution in [-0.2, 0) is 0 Å². The Bertz CT molecular complexity index is 2850. The van der Waals surface area contributed by atoms with Crippen molar-refractivity contribution in [3.05, 3.63) is 211 Å². The van der Waals surface area contributed by atoms with Crippen LogP contribution in [0.15, 0.2) is 194 Å². The molecule has 0 amide bonds. The van der Waals surface area contributed by atoms with Crippen LogP contribution in [0.2, 0.25) is 0 Å². The topological polar surface area (TPSA) is 3.24 Å². The lowest BCUT2D eigenvalue weighted by Crippen LogP contribution is -2.14. The molecule has 0 heterocycles. The van der Waals surface area contributed by atoms with E-state index in [1.165, 1.54) is 0 Å². The van der Waals surface area contributed by atoms with Gasteiger partial charge in [-0.3, -0.25) is 0 Å². The van der Waals surface area contributed by atoms with Gasteiger partial charge in [-0.25, -0.2) is 4.39 Å². The molecule has 0 radical (unpaired) electrons. The van der Waals surface area contributed by atoms with Crippen LogP contribution in [0.3, 0.4) is 0 Å². The molecule has 0 aromatic heterocycles. The Hall–Kier alpha value is -6.77. The highest BCUT2D eigenvalue weighted by Crippen LogP contribution is 2.46. The third kappa shape index (κ3) is 5.71. The van der Waals surface area contributed by atoms with E-state index in [1.54, 1.807) is 6.07 Å². The highest BCUT2D eigenvalue weighted by molar-refractivity contribution is 6.12. The molecule has 0 bridgehead atoms. The Morgan fingerprint density at radius 1 is 0.423 bits per heavy atom. The van der Waals surface area contributed by atoms with Gasteiger partial charge in [-0.2, -0.15) is 0 Å². The third-order valence-electron chi connectivity index (χ3n) is 9.74. The average Bonchev–Trinajstić information content (AvgIpc) is 3.24. The predicted octanol–water partition coefficient (Wildman–Crippen LogP) is 14.3. The van der Waals surface area contributed by atoms with Gasteiger partial charge in [0.25, 0.3) is 0 Å². The van der Waals surface area contributed by atoms with Gasteiger partial charge >= 0.3 is 0 Å². The number of para-hydroxylation sites is 1. The smallest absolute Gasteiger partial charge is 0.148 e. The van der Waals surface area contributed by atoms with Crippen LogP contribution < -0.4 is 4.90 Å². The number of hydrogen-bond acceptors (Lipinski definition) is 1. The minimum Gasteiger partial charge on any atom is -0.307 e. The van der Waals surface area contributed by atoms with E-state index in [9.17, 15) is 2.74 Å². The van der Waals surface area contributed by atoms with Crippen molar-refractivity contribution < 1.29 is 7.13 Å². The van der Waals surface area contributed by atoms with Crippen molar-refractivity contribution in [2.75, 3.05) is 4.90 Å². The minimum atomic E-state index is -0.357. The van der Waals surface area contributed by atoms with E-state index in [0.717, 1.165) is 65.9 Å². The zero-order valence-electron chi connectivity index (χ0n) is 30.3. The number of anilines is 3. The Kier molecular flexibility index (Phi) is 7.53. The van der Waals surface area contributed by atoms with Crippen molar-refractivity contribution in [3.63, 3.8) is 0 Å². The second kappa shape index (κ2) is 13.5. The van der Waals surface area contributed by atoms with Gasteiger partial charge in [0.05, 0.1) is 14.1 Å². The molecular weight excluding hydrogens is 634 g/mol. The van der Waals surface area contributed by atoms with Crippen LogP contribution in [0.25, 0.3) is 66.7 Å². The quantitative estimate of drug-likeness (QED) is 0.121. The lowest BCUT2D eigenvalue weighted by Gasteiger charge is -2.30. The average molecular weight is 670 g/mol. The summed E-state index contributed by atoms with van der Waals surface area (Å²) in [6.07, 6.45) is 0. The summed E-state index contributed by atoms with van der Waals surface area (Å²) in [6.45, 7) is 0. The first-order valence-electron chi connectivity index (χ1n) is 18.5. The lowest BCUT2D eigenvalue weighted by molar-refractivity contribution is 0.630. The number of halogens is 1. The highest BCUT2D eigenvalue weighted by Gasteiger charge is 2.24. The zero-order chi connectivity index (χ0) is 36.6. The number of fused-ring (bicyclic) bond motifs is 4. The maximum atomic E-state index is 17.1. The van der Waals surface area contributed by atoms with Crippen molar-refractivity contribution in [1.82, 2.24) is 0 Å². The molecule has 1 nitrogen and oxygen atoms in total. The van der Waals surface area contributed by atoms with Crippen molar-refractivity contribution in [3.8, 4) is 22.3 Å². The molecule has 0 saturated heterocycles. The van der Waals surface area contributed by atoms with E-state index in [0.29, 0.717) is 16.8 Å². The molecule has 9 aromatic rings. The molecule has 0 aliphatic rings. The Morgan fingerprint density at radius 3 is 1.67 bits per heavy atom. The van der Waals surface area contributed by atoms with Crippen LogP contribution in [0, 0.1) is 5.82 Å². The fraction of sp³-hybridized carbons (Fsp3) is 0. The van der Waals surface area contributed by atoms with Crippen molar-refractivity contribution in [2.45, 2.75) is 0 Å². The fourth-order valence-electron chi connectivity index (χ4n) is 7.31. The molecule has 9 aromatic carbocycles. The molecular formula is C50H34FN. The van der Waals surface area contributed by atoms with E-state index < -0.39 is 0 Å². The molecule has 0 atom stereocenters.